The standard InChI is InChI=1S/C43H82N4O4.C12H26O/c1-6-9-11-13-18-24-31-39(32-25-19-14-12-10-7-2)51-41(49)33-26-20-17-22-28-36-47(35-27-21-15-16-23-29-38-48)37-30-34-46-42(43(50)45-5)40(8-3)44-4;1-4-6-7-8-9-10-11-12(5-2)13-3/h8,38-39,44,46H,3,6-7,9-37H2,1-2,4-5H3,(H,45,50);12H,4-11H2,1-3H3/b42-40-;. The molecule has 1 amide bonds. The van der Waals surface area contributed by atoms with Crippen molar-refractivity contribution >= 4 is 18.2 Å². The molecule has 0 aromatic carbocycles. The van der Waals surface area contributed by atoms with E-state index in [2.05, 4.69) is 55.1 Å². The Morgan fingerprint density at radius 3 is 1.44 bits per heavy atom. The van der Waals surface area contributed by atoms with Gasteiger partial charge in [0.15, 0.2) is 0 Å². The van der Waals surface area contributed by atoms with E-state index in [0.717, 1.165) is 90.1 Å². The minimum Gasteiger partial charge on any atom is -0.462 e. The number of esters is 1. The Morgan fingerprint density at radius 1 is 0.562 bits per heavy atom. The summed E-state index contributed by atoms with van der Waals surface area (Å²) in [4.78, 5) is 38.3. The molecule has 1 atom stereocenters. The summed E-state index contributed by atoms with van der Waals surface area (Å²) < 4.78 is 11.4. The third-order valence-electron chi connectivity index (χ3n) is 12.5. The van der Waals surface area contributed by atoms with Gasteiger partial charge in [-0.25, -0.2) is 0 Å². The molecule has 0 fully saturated rings. The van der Waals surface area contributed by atoms with Crippen LogP contribution in [0.25, 0.3) is 0 Å². The third kappa shape index (κ3) is 42.3. The molecule has 0 aromatic rings. The Kier molecular flexibility index (Phi) is 51.3. The fraction of sp³-hybridized carbons (Fsp3) is 0.873. The molecule has 0 rings (SSSR count). The van der Waals surface area contributed by atoms with E-state index in [-0.39, 0.29) is 18.0 Å². The second kappa shape index (κ2) is 51.6. The van der Waals surface area contributed by atoms with Crippen LogP contribution in [0.15, 0.2) is 24.0 Å². The molecule has 0 saturated heterocycles. The molecule has 378 valence electrons. The van der Waals surface area contributed by atoms with E-state index >= 15 is 0 Å². The number of carbonyl (C=O) groups is 3. The molecule has 9 heteroatoms. The van der Waals surface area contributed by atoms with Gasteiger partial charge >= 0.3 is 5.97 Å². The summed E-state index contributed by atoms with van der Waals surface area (Å²) >= 11 is 0. The quantitative estimate of drug-likeness (QED) is 0.0182. The Hall–Kier alpha value is -2.39. The number of hydrogen-bond donors (Lipinski definition) is 3. The molecule has 3 N–H and O–H groups in total. The van der Waals surface area contributed by atoms with Gasteiger partial charge in [-0.1, -0.05) is 176 Å². The van der Waals surface area contributed by atoms with Crippen molar-refractivity contribution in [2.75, 3.05) is 47.4 Å². The van der Waals surface area contributed by atoms with Gasteiger partial charge < -0.3 is 35.1 Å². The molecule has 0 radical (unpaired) electrons. The van der Waals surface area contributed by atoms with Crippen LogP contribution in [-0.4, -0.2) is 82.7 Å². The molecule has 0 spiro atoms. The van der Waals surface area contributed by atoms with Crippen LogP contribution in [0, 0.1) is 0 Å². The van der Waals surface area contributed by atoms with E-state index in [1.807, 2.05) is 7.11 Å². The fourth-order valence-corrected chi connectivity index (χ4v) is 8.28. The van der Waals surface area contributed by atoms with Gasteiger partial charge in [0.2, 0.25) is 0 Å². The molecule has 0 saturated carbocycles. The molecule has 0 aliphatic heterocycles. The maximum atomic E-state index is 12.8. The van der Waals surface area contributed by atoms with Crippen LogP contribution in [0.2, 0.25) is 0 Å². The normalized spacial score (nSPS) is 12.1. The summed E-state index contributed by atoms with van der Waals surface area (Å²) in [5.41, 5.74) is 1.21. The first-order valence-corrected chi connectivity index (χ1v) is 27.2. The predicted octanol–water partition coefficient (Wildman–Crippen LogP) is 14.1. The average Bonchev–Trinajstić information content (AvgIpc) is 3.30. The highest BCUT2D eigenvalue weighted by Crippen LogP contribution is 2.19. The SMILES string of the molecule is C=C/C(NC)=C(/NCCCN(CCCCCCCC=O)CCCCCCCC(=O)OC(CCCCCCCC)CCCCCCCC)C(=O)NC.CCCCCCCCC(CC)OC. The molecule has 9 nitrogen and oxygen atoms in total. The van der Waals surface area contributed by atoms with Crippen LogP contribution in [0.3, 0.4) is 0 Å². The third-order valence-corrected chi connectivity index (χ3v) is 12.5. The zero-order valence-corrected chi connectivity index (χ0v) is 43.6. The number of ether oxygens (including phenoxy) is 2. The Balaban J connectivity index is 0. The lowest BCUT2D eigenvalue weighted by molar-refractivity contribution is -0.150. The molecule has 1 unspecified atom stereocenters. The zero-order chi connectivity index (χ0) is 47.6. The van der Waals surface area contributed by atoms with Crippen LogP contribution in [0.4, 0.5) is 0 Å². The minimum absolute atomic E-state index is 0.00672. The summed E-state index contributed by atoms with van der Waals surface area (Å²) in [6, 6.07) is 0. The van der Waals surface area contributed by atoms with Crippen molar-refractivity contribution in [3.05, 3.63) is 24.0 Å². The second-order valence-corrected chi connectivity index (χ2v) is 18.2. The Labute approximate surface area is 397 Å². The smallest absolute Gasteiger partial charge is 0.306 e. The second-order valence-electron chi connectivity index (χ2n) is 18.2. The van der Waals surface area contributed by atoms with Crippen molar-refractivity contribution in [1.29, 1.82) is 0 Å². The number of nitrogens with zero attached hydrogens (tertiary/aromatic N) is 1. The lowest BCUT2D eigenvalue weighted by atomic mass is 10.0. The van der Waals surface area contributed by atoms with Crippen molar-refractivity contribution in [3.63, 3.8) is 0 Å². The minimum atomic E-state index is -0.153. The van der Waals surface area contributed by atoms with Crippen LogP contribution < -0.4 is 16.0 Å². The number of carbonyl (C=O) groups excluding carboxylic acids is 3. The van der Waals surface area contributed by atoms with Crippen molar-refractivity contribution in [1.82, 2.24) is 20.9 Å². The first kappa shape index (κ1) is 63.7. The van der Waals surface area contributed by atoms with Gasteiger partial charge in [-0.2, -0.15) is 0 Å². The summed E-state index contributed by atoms with van der Waals surface area (Å²) in [6.45, 7) is 16.6. The van der Waals surface area contributed by atoms with Crippen LogP contribution in [-0.2, 0) is 23.9 Å². The van der Waals surface area contributed by atoms with Gasteiger partial charge in [0.05, 0.1) is 11.8 Å². The number of rotatable bonds is 48. The van der Waals surface area contributed by atoms with Crippen molar-refractivity contribution < 1.29 is 23.9 Å². The summed E-state index contributed by atoms with van der Waals surface area (Å²) in [7, 11) is 5.25. The largest absolute Gasteiger partial charge is 0.462 e. The van der Waals surface area contributed by atoms with Crippen LogP contribution in [0.1, 0.15) is 252 Å². The number of aldehydes is 1. The highest BCUT2D eigenvalue weighted by molar-refractivity contribution is 5.93. The number of allylic oxidation sites excluding steroid dienone is 1. The maximum absolute atomic E-state index is 12.8. The summed E-state index contributed by atoms with van der Waals surface area (Å²) in [6.07, 6.45) is 44.6. The van der Waals surface area contributed by atoms with Gasteiger partial charge in [0.25, 0.3) is 5.91 Å². The molecule has 64 heavy (non-hydrogen) atoms. The summed E-state index contributed by atoms with van der Waals surface area (Å²) in [5.74, 6) is -0.146. The molecule has 0 bridgehead atoms. The molecular formula is C55H108N4O5. The van der Waals surface area contributed by atoms with Gasteiger partial charge in [-0.3, -0.25) is 9.59 Å². The number of hydrogen-bond acceptors (Lipinski definition) is 8. The Morgan fingerprint density at radius 2 is 1.00 bits per heavy atom. The van der Waals surface area contributed by atoms with Crippen molar-refractivity contribution in [2.45, 2.75) is 265 Å². The Bertz CT molecular complexity index is 1050. The number of unbranched alkanes of at least 4 members (excludes halogenated alkanes) is 24. The number of amides is 1. The van der Waals surface area contributed by atoms with Crippen LogP contribution in [0.5, 0.6) is 0 Å². The van der Waals surface area contributed by atoms with Crippen LogP contribution >= 0.6 is 0 Å². The number of likely N-dealkylation sites (N-methyl/N-ethyl adjacent to an activating group) is 2. The highest BCUT2D eigenvalue weighted by atomic mass is 16.5. The molecular weight excluding hydrogens is 797 g/mol. The number of methoxy groups -OCH3 is 1. The number of nitrogens with one attached hydrogen (secondary N) is 3. The zero-order valence-electron chi connectivity index (χ0n) is 43.6. The van der Waals surface area contributed by atoms with Gasteiger partial charge in [0.1, 0.15) is 18.1 Å². The topological polar surface area (TPSA) is 109 Å². The summed E-state index contributed by atoms with van der Waals surface area (Å²) in [5, 5.41) is 9.06. The van der Waals surface area contributed by atoms with Crippen molar-refractivity contribution in [2.24, 2.45) is 0 Å². The van der Waals surface area contributed by atoms with E-state index in [4.69, 9.17) is 9.47 Å². The van der Waals surface area contributed by atoms with E-state index in [0.29, 0.717) is 36.9 Å². The van der Waals surface area contributed by atoms with Gasteiger partial charge in [0, 0.05) is 40.6 Å². The van der Waals surface area contributed by atoms with Crippen molar-refractivity contribution in [3.8, 4) is 0 Å². The lowest BCUT2D eigenvalue weighted by Gasteiger charge is -2.23. The maximum Gasteiger partial charge on any atom is 0.306 e. The van der Waals surface area contributed by atoms with E-state index in [1.54, 1.807) is 20.2 Å². The molecule has 0 heterocycles. The molecule has 0 aliphatic rings. The van der Waals surface area contributed by atoms with E-state index in [1.165, 1.54) is 148 Å². The highest BCUT2D eigenvalue weighted by Gasteiger charge is 2.15. The predicted molar refractivity (Wildman–Crippen MR) is 276 cm³/mol. The van der Waals surface area contributed by atoms with E-state index < -0.39 is 0 Å². The van der Waals surface area contributed by atoms with Gasteiger partial charge in [-0.05, 0) is 96.3 Å². The first-order chi connectivity index (χ1) is 31.3. The monoisotopic (exact) mass is 905 g/mol. The lowest BCUT2D eigenvalue weighted by Crippen LogP contribution is -2.34. The van der Waals surface area contributed by atoms with E-state index in [9.17, 15) is 14.4 Å². The first-order valence-electron chi connectivity index (χ1n) is 27.2. The average molecular weight is 905 g/mol. The fourth-order valence-electron chi connectivity index (χ4n) is 8.28. The molecule has 0 aromatic heterocycles. The van der Waals surface area contributed by atoms with Gasteiger partial charge in [-0.15, -0.1) is 0 Å². The molecule has 0 aliphatic carbocycles.